The highest BCUT2D eigenvalue weighted by Crippen LogP contribution is 2.24. The summed E-state index contributed by atoms with van der Waals surface area (Å²) in [7, 11) is 0. The number of para-hydroxylation sites is 1. The summed E-state index contributed by atoms with van der Waals surface area (Å²) in [6.45, 7) is 7.58. The Hall–Kier alpha value is -3.61. The summed E-state index contributed by atoms with van der Waals surface area (Å²) in [6.07, 6.45) is 0.127. The van der Waals surface area contributed by atoms with E-state index in [0.717, 1.165) is 11.3 Å². The molecular formula is C24H27N3O4. The second kappa shape index (κ2) is 9.47. The van der Waals surface area contributed by atoms with E-state index in [0.29, 0.717) is 17.3 Å². The van der Waals surface area contributed by atoms with E-state index in [1.165, 1.54) is 0 Å². The number of hydrogen-bond donors (Lipinski definition) is 2. The smallest absolute Gasteiger partial charge is 0.247 e. The SMILES string of the molecule is CC(NC(=O)Cc1cccc(Oc2ccccc2)c1)C(=O)Nc1cc(C(C)(C)C)on1. The average molecular weight is 421 g/mol. The Morgan fingerprint density at radius 3 is 2.42 bits per heavy atom. The summed E-state index contributed by atoms with van der Waals surface area (Å²) in [5, 5.41) is 9.23. The highest BCUT2D eigenvalue weighted by molar-refractivity contribution is 5.96. The van der Waals surface area contributed by atoms with E-state index >= 15 is 0 Å². The Morgan fingerprint density at radius 2 is 1.74 bits per heavy atom. The van der Waals surface area contributed by atoms with Gasteiger partial charge in [-0.2, -0.15) is 0 Å². The summed E-state index contributed by atoms with van der Waals surface area (Å²) in [5.41, 5.74) is 0.569. The number of amides is 2. The largest absolute Gasteiger partial charge is 0.457 e. The lowest BCUT2D eigenvalue weighted by molar-refractivity contribution is -0.125. The normalized spacial score (nSPS) is 12.1. The van der Waals surface area contributed by atoms with Crippen LogP contribution in [0, 0.1) is 0 Å². The minimum Gasteiger partial charge on any atom is -0.457 e. The van der Waals surface area contributed by atoms with Crippen molar-refractivity contribution in [3.05, 3.63) is 72.0 Å². The van der Waals surface area contributed by atoms with Crippen molar-refractivity contribution in [1.82, 2.24) is 10.5 Å². The van der Waals surface area contributed by atoms with E-state index in [1.54, 1.807) is 19.1 Å². The molecule has 0 bridgehead atoms. The molecule has 2 aromatic carbocycles. The summed E-state index contributed by atoms with van der Waals surface area (Å²) >= 11 is 0. The highest BCUT2D eigenvalue weighted by atomic mass is 16.5. The van der Waals surface area contributed by atoms with Crippen molar-refractivity contribution < 1.29 is 18.8 Å². The molecule has 0 radical (unpaired) electrons. The molecule has 0 aliphatic carbocycles. The van der Waals surface area contributed by atoms with Crippen LogP contribution < -0.4 is 15.4 Å². The third-order valence-corrected chi connectivity index (χ3v) is 4.51. The Kier molecular flexibility index (Phi) is 6.74. The fourth-order valence-electron chi connectivity index (χ4n) is 2.81. The number of nitrogens with one attached hydrogen (secondary N) is 2. The Balaban J connectivity index is 1.53. The molecule has 3 rings (SSSR count). The number of aromatic nitrogens is 1. The number of benzene rings is 2. The molecule has 3 aromatic rings. The van der Waals surface area contributed by atoms with Gasteiger partial charge in [-0.1, -0.05) is 56.3 Å². The number of rotatable bonds is 7. The van der Waals surface area contributed by atoms with Gasteiger partial charge in [0.15, 0.2) is 5.82 Å². The second-order valence-corrected chi connectivity index (χ2v) is 8.34. The first-order valence-corrected chi connectivity index (χ1v) is 10.1. The molecule has 0 aliphatic heterocycles. The number of carbonyl (C=O) groups excluding carboxylic acids is 2. The van der Waals surface area contributed by atoms with Crippen molar-refractivity contribution >= 4 is 17.6 Å². The maximum atomic E-state index is 12.4. The van der Waals surface area contributed by atoms with Gasteiger partial charge in [0, 0.05) is 11.5 Å². The molecule has 7 heteroatoms. The van der Waals surface area contributed by atoms with Crippen LogP contribution in [-0.4, -0.2) is 23.0 Å². The van der Waals surface area contributed by atoms with Gasteiger partial charge in [0.2, 0.25) is 11.8 Å². The molecule has 0 aliphatic rings. The van der Waals surface area contributed by atoms with Crippen LogP contribution in [0.5, 0.6) is 11.5 Å². The van der Waals surface area contributed by atoms with Crippen LogP contribution in [0.2, 0.25) is 0 Å². The number of hydrogen-bond acceptors (Lipinski definition) is 5. The van der Waals surface area contributed by atoms with Gasteiger partial charge in [0.05, 0.1) is 6.42 Å². The van der Waals surface area contributed by atoms with Gasteiger partial charge in [-0.25, -0.2) is 0 Å². The van der Waals surface area contributed by atoms with E-state index < -0.39 is 6.04 Å². The Morgan fingerprint density at radius 1 is 1.03 bits per heavy atom. The molecule has 2 N–H and O–H groups in total. The fraction of sp³-hybridized carbons (Fsp3) is 0.292. The van der Waals surface area contributed by atoms with Crippen molar-refractivity contribution in [2.75, 3.05) is 5.32 Å². The maximum Gasteiger partial charge on any atom is 0.247 e. The molecule has 0 saturated heterocycles. The van der Waals surface area contributed by atoms with Crippen LogP contribution in [0.1, 0.15) is 39.0 Å². The zero-order valence-corrected chi connectivity index (χ0v) is 18.1. The number of carbonyl (C=O) groups is 2. The van der Waals surface area contributed by atoms with Gasteiger partial charge in [-0.3, -0.25) is 9.59 Å². The number of nitrogens with zero attached hydrogens (tertiary/aromatic N) is 1. The van der Waals surface area contributed by atoms with Crippen LogP contribution in [-0.2, 0) is 21.4 Å². The van der Waals surface area contributed by atoms with E-state index in [1.807, 2.05) is 69.3 Å². The van der Waals surface area contributed by atoms with E-state index in [-0.39, 0.29) is 23.7 Å². The van der Waals surface area contributed by atoms with Crippen LogP contribution in [0.3, 0.4) is 0 Å². The monoisotopic (exact) mass is 421 g/mol. The summed E-state index contributed by atoms with van der Waals surface area (Å²) in [5.74, 6) is 1.71. The van der Waals surface area contributed by atoms with E-state index in [4.69, 9.17) is 9.26 Å². The highest BCUT2D eigenvalue weighted by Gasteiger charge is 2.22. The van der Waals surface area contributed by atoms with Crippen molar-refractivity contribution in [2.45, 2.75) is 45.6 Å². The summed E-state index contributed by atoms with van der Waals surface area (Å²) < 4.78 is 11.1. The van der Waals surface area contributed by atoms with Crippen LogP contribution in [0.4, 0.5) is 5.82 Å². The molecule has 0 spiro atoms. The molecule has 1 atom stereocenters. The number of ether oxygens (including phenoxy) is 1. The van der Waals surface area contributed by atoms with Gasteiger partial charge in [-0.05, 0) is 36.8 Å². The van der Waals surface area contributed by atoms with Gasteiger partial charge in [-0.15, -0.1) is 0 Å². The van der Waals surface area contributed by atoms with Crippen LogP contribution >= 0.6 is 0 Å². The molecule has 1 unspecified atom stereocenters. The predicted molar refractivity (Wildman–Crippen MR) is 118 cm³/mol. The first-order chi connectivity index (χ1) is 14.7. The van der Waals surface area contributed by atoms with Crippen molar-refractivity contribution in [3.8, 4) is 11.5 Å². The molecule has 7 nitrogen and oxygen atoms in total. The standard InChI is InChI=1S/C24H27N3O4/c1-16(23(29)26-21-15-20(31-27-21)24(2,3)4)25-22(28)14-17-9-8-12-19(13-17)30-18-10-6-5-7-11-18/h5-13,15-16H,14H2,1-4H3,(H,25,28)(H,26,27,29). The van der Waals surface area contributed by atoms with Crippen molar-refractivity contribution in [2.24, 2.45) is 0 Å². The molecule has 1 heterocycles. The summed E-state index contributed by atoms with van der Waals surface area (Å²) in [4.78, 5) is 24.8. The zero-order chi connectivity index (χ0) is 22.4. The lowest BCUT2D eigenvalue weighted by Crippen LogP contribution is -2.42. The first kappa shape index (κ1) is 22.1. The lowest BCUT2D eigenvalue weighted by atomic mass is 9.93. The third-order valence-electron chi connectivity index (χ3n) is 4.51. The minimum absolute atomic E-state index is 0.127. The molecule has 0 fully saturated rings. The molecule has 162 valence electrons. The van der Waals surface area contributed by atoms with Gasteiger partial charge >= 0.3 is 0 Å². The first-order valence-electron chi connectivity index (χ1n) is 10.1. The van der Waals surface area contributed by atoms with Crippen LogP contribution in [0.25, 0.3) is 0 Å². The molecule has 2 amide bonds. The van der Waals surface area contributed by atoms with Gasteiger partial charge in [0.1, 0.15) is 23.3 Å². The molecule has 1 aromatic heterocycles. The van der Waals surface area contributed by atoms with Crippen LogP contribution in [0.15, 0.2) is 65.2 Å². The average Bonchev–Trinajstić information content (AvgIpc) is 3.18. The molecule has 31 heavy (non-hydrogen) atoms. The Bertz CT molecular complexity index is 1040. The van der Waals surface area contributed by atoms with E-state index in [9.17, 15) is 9.59 Å². The third kappa shape index (κ3) is 6.44. The zero-order valence-electron chi connectivity index (χ0n) is 18.1. The minimum atomic E-state index is -0.731. The quantitative estimate of drug-likeness (QED) is 0.588. The van der Waals surface area contributed by atoms with Crippen molar-refractivity contribution in [1.29, 1.82) is 0 Å². The van der Waals surface area contributed by atoms with Crippen molar-refractivity contribution in [3.63, 3.8) is 0 Å². The fourth-order valence-corrected chi connectivity index (χ4v) is 2.81. The second-order valence-electron chi connectivity index (χ2n) is 8.34. The maximum absolute atomic E-state index is 12.4. The lowest BCUT2D eigenvalue weighted by Gasteiger charge is -2.13. The number of anilines is 1. The van der Waals surface area contributed by atoms with Gasteiger partial charge < -0.3 is 19.9 Å². The predicted octanol–water partition coefficient (Wildman–Crippen LogP) is 4.45. The molecule has 0 saturated carbocycles. The molecular weight excluding hydrogens is 394 g/mol. The van der Waals surface area contributed by atoms with Gasteiger partial charge in [0.25, 0.3) is 0 Å². The Labute approximate surface area is 181 Å². The van der Waals surface area contributed by atoms with E-state index in [2.05, 4.69) is 15.8 Å². The topological polar surface area (TPSA) is 93.5 Å². The summed E-state index contributed by atoms with van der Waals surface area (Å²) in [6, 6.07) is 17.7.